The predicted octanol–water partition coefficient (Wildman–Crippen LogP) is 7.53. The van der Waals surface area contributed by atoms with Gasteiger partial charge in [0.05, 0.1) is 11.4 Å². The predicted molar refractivity (Wildman–Crippen MR) is 113 cm³/mol. The molecule has 0 amide bonds. The summed E-state index contributed by atoms with van der Waals surface area (Å²) in [4.78, 5) is 5.94. The minimum absolute atomic E-state index is 0.701. The van der Waals surface area contributed by atoms with Crippen molar-refractivity contribution in [3.05, 3.63) is 105 Å². The lowest BCUT2D eigenvalue weighted by Crippen LogP contribution is -1.95. The lowest BCUT2D eigenvalue weighted by Gasteiger charge is -2.04. The fraction of sp³-hybridized carbons (Fsp3) is 0. The second-order valence-corrected chi connectivity index (χ2v) is 7.55. The molecule has 25 heavy (non-hydrogen) atoms. The van der Waals surface area contributed by atoms with Crippen LogP contribution >= 0.6 is 39.3 Å². The standard InChI is InChI=1S/C21H15BrClNS/c22-17-9-11-20(12-10-17)25-14-13-21(16-5-4-6-18(23)15-16)24-19-7-2-1-3-8-19/h1-15H. The van der Waals surface area contributed by atoms with Crippen LogP contribution in [0, 0.1) is 0 Å². The number of thioether (sulfide) groups is 1. The smallest absolute Gasteiger partial charge is 0.0715 e. The van der Waals surface area contributed by atoms with Crippen molar-refractivity contribution in [3.8, 4) is 0 Å². The number of rotatable bonds is 5. The number of hydrogen-bond donors (Lipinski definition) is 0. The molecule has 0 unspecified atom stereocenters. The van der Waals surface area contributed by atoms with Crippen molar-refractivity contribution in [1.82, 2.24) is 0 Å². The highest BCUT2D eigenvalue weighted by Gasteiger charge is 2.02. The van der Waals surface area contributed by atoms with Crippen molar-refractivity contribution >= 4 is 50.7 Å². The average Bonchev–Trinajstić information content (AvgIpc) is 2.63. The normalized spacial score (nSPS) is 11.8. The van der Waals surface area contributed by atoms with Crippen LogP contribution in [0.3, 0.4) is 0 Å². The summed E-state index contributed by atoms with van der Waals surface area (Å²) < 4.78 is 1.08. The highest BCUT2D eigenvalue weighted by molar-refractivity contribution is 9.10. The van der Waals surface area contributed by atoms with Crippen LogP contribution in [0.25, 0.3) is 0 Å². The molecule has 1 nitrogen and oxygen atoms in total. The zero-order chi connectivity index (χ0) is 17.5. The van der Waals surface area contributed by atoms with Crippen LogP contribution < -0.4 is 0 Å². The lowest BCUT2D eigenvalue weighted by molar-refractivity contribution is 1.45. The van der Waals surface area contributed by atoms with Crippen LogP contribution in [0.1, 0.15) is 5.56 Å². The maximum atomic E-state index is 6.15. The molecule has 124 valence electrons. The molecule has 3 aromatic rings. The minimum atomic E-state index is 0.701. The van der Waals surface area contributed by atoms with E-state index in [1.54, 1.807) is 11.8 Å². The van der Waals surface area contributed by atoms with Gasteiger partial charge in [0.1, 0.15) is 0 Å². The van der Waals surface area contributed by atoms with Gasteiger partial charge in [-0.25, -0.2) is 4.99 Å². The number of nitrogens with zero attached hydrogens (tertiary/aromatic N) is 1. The van der Waals surface area contributed by atoms with E-state index in [1.807, 2.05) is 78.2 Å². The lowest BCUT2D eigenvalue weighted by atomic mass is 10.1. The summed E-state index contributed by atoms with van der Waals surface area (Å²) >= 11 is 11.3. The molecular formula is C21H15BrClNS. The van der Waals surface area contributed by atoms with Gasteiger partial charge in [0.25, 0.3) is 0 Å². The molecule has 0 aliphatic heterocycles. The Balaban J connectivity index is 1.87. The van der Waals surface area contributed by atoms with E-state index in [4.69, 9.17) is 16.6 Å². The Kier molecular flexibility index (Phi) is 6.51. The molecule has 0 heterocycles. The second-order valence-electron chi connectivity index (χ2n) is 5.22. The van der Waals surface area contributed by atoms with Gasteiger partial charge in [-0.1, -0.05) is 69.6 Å². The van der Waals surface area contributed by atoms with Crippen LogP contribution in [-0.2, 0) is 0 Å². The molecule has 0 fully saturated rings. The number of halogens is 2. The summed E-state index contributed by atoms with van der Waals surface area (Å²) in [6.07, 6.45) is 2.02. The van der Waals surface area contributed by atoms with Crippen molar-refractivity contribution in [2.45, 2.75) is 4.90 Å². The summed E-state index contributed by atoms with van der Waals surface area (Å²) in [6.45, 7) is 0. The third-order valence-corrected chi connectivity index (χ3v) is 4.95. The third-order valence-electron chi connectivity index (χ3n) is 3.37. The number of para-hydroxylation sites is 1. The van der Waals surface area contributed by atoms with Gasteiger partial charge < -0.3 is 0 Å². The molecule has 4 heteroatoms. The first-order valence-electron chi connectivity index (χ1n) is 7.69. The summed E-state index contributed by atoms with van der Waals surface area (Å²) in [6, 6.07) is 25.9. The maximum absolute atomic E-state index is 6.15. The van der Waals surface area contributed by atoms with Crippen molar-refractivity contribution < 1.29 is 0 Å². The fourth-order valence-corrected chi connectivity index (χ4v) is 3.28. The minimum Gasteiger partial charge on any atom is -0.248 e. The molecule has 0 radical (unpaired) electrons. The van der Waals surface area contributed by atoms with Crippen LogP contribution in [0.15, 0.2) is 105 Å². The highest BCUT2D eigenvalue weighted by Crippen LogP contribution is 2.23. The molecule has 0 aliphatic carbocycles. The number of allylic oxidation sites excluding steroid dienone is 1. The molecule has 3 rings (SSSR count). The number of aliphatic imine (C=N–C) groups is 1. The Labute approximate surface area is 165 Å². The van der Waals surface area contributed by atoms with Crippen LogP contribution in [0.4, 0.5) is 5.69 Å². The van der Waals surface area contributed by atoms with Crippen LogP contribution in [0.5, 0.6) is 0 Å². The van der Waals surface area contributed by atoms with Crippen molar-refractivity contribution in [2.75, 3.05) is 0 Å². The van der Waals surface area contributed by atoms with Gasteiger partial charge in [-0.05, 0) is 60.0 Å². The van der Waals surface area contributed by atoms with Gasteiger partial charge in [0.15, 0.2) is 0 Å². The zero-order valence-electron chi connectivity index (χ0n) is 13.3. The van der Waals surface area contributed by atoms with Gasteiger partial charge in [-0.15, -0.1) is 0 Å². The second kappa shape index (κ2) is 9.04. The topological polar surface area (TPSA) is 12.4 Å². The SMILES string of the molecule is Clc1cccc(C(C=CSc2ccc(Br)cc2)=Nc2ccccc2)c1. The van der Waals surface area contributed by atoms with E-state index in [0.717, 1.165) is 21.4 Å². The average molecular weight is 429 g/mol. The van der Waals surface area contributed by atoms with E-state index in [2.05, 4.69) is 28.1 Å². The van der Waals surface area contributed by atoms with Gasteiger partial charge in [-0.3, -0.25) is 0 Å². The molecule has 0 bridgehead atoms. The van der Waals surface area contributed by atoms with Gasteiger partial charge in [-0.2, -0.15) is 0 Å². The maximum Gasteiger partial charge on any atom is 0.0715 e. The molecule has 0 atom stereocenters. The molecule has 0 saturated carbocycles. The summed E-state index contributed by atoms with van der Waals surface area (Å²) in [5, 5.41) is 2.75. The molecule has 0 saturated heterocycles. The molecule has 0 spiro atoms. The first kappa shape index (κ1) is 18.0. The first-order chi connectivity index (χ1) is 12.2. The Morgan fingerprint density at radius 3 is 2.40 bits per heavy atom. The van der Waals surface area contributed by atoms with Gasteiger partial charge in [0.2, 0.25) is 0 Å². The first-order valence-corrected chi connectivity index (χ1v) is 9.74. The highest BCUT2D eigenvalue weighted by atomic mass is 79.9. The van der Waals surface area contributed by atoms with Crippen molar-refractivity contribution in [2.24, 2.45) is 4.99 Å². The van der Waals surface area contributed by atoms with Crippen molar-refractivity contribution in [1.29, 1.82) is 0 Å². The van der Waals surface area contributed by atoms with E-state index in [1.165, 1.54) is 4.90 Å². The largest absolute Gasteiger partial charge is 0.248 e. The summed E-state index contributed by atoms with van der Waals surface area (Å²) in [5.41, 5.74) is 2.78. The van der Waals surface area contributed by atoms with E-state index in [9.17, 15) is 0 Å². The third kappa shape index (κ3) is 5.60. The van der Waals surface area contributed by atoms with Gasteiger partial charge in [0, 0.05) is 20.0 Å². The van der Waals surface area contributed by atoms with E-state index in [-0.39, 0.29) is 0 Å². The quantitative estimate of drug-likeness (QED) is 0.302. The summed E-state index contributed by atoms with van der Waals surface area (Å²) in [7, 11) is 0. The summed E-state index contributed by atoms with van der Waals surface area (Å²) in [5.74, 6) is 0. The molecule has 0 aromatic heterocycles. The molecule has 0 aliphatic rings. The Hall–Kier alpha value is -1.81. The zero-order valence-corrected chi connectivity index (χ0v) is 16.4. The molecule has 3 aromatic carbocycles. The van der Waals surface area contributed by atoms with E-state index >= 15 is 0 Å². The molecule has 0 N–H and O–H groups in total. The molecular weight excluding hydrogens is 414 g/mol. The monoisotopic (exact) mass is 427 g/mol. The van der Waals surface area contributed by atoms with Gasteiger partial charge >= 0.3 is 0 Å². The van der Waals surface area contributed by atoms with E-state index < -0.39 is 0 Å². The Morgan fingerprint density at radius 2 is 1.68 bits per heavy atom. The number of hydrogen-bond acceptors (Lipinski definition) is 2. The number of benzene rings is 3. The Morgan fingerprint density at radius 1 is 0.920 bits per heavy atom. The fourth-order valence-electron chi connectivity index (χ4n) is 2.18. The van der Waals surface area contributed by atoms with Crippen molar-refractivity contribution in [3.63, 3.8) is 0 Å². The van der Waals surface area contributed by atoms with Crippen LogP contribution in [0.2, 0.25) is 5.02 Å². The van der Waals surface area contributed by atoms with Crippen LogP contribution in [-0.4, -0.2) is 5.71 Å². The van der Waals surface area contributed by atoms with E-state index in [0.29, 0.717) is 5.02 Å². The Bertz CT molecular complexity index is 889.